The van der Waals surface area contributed by atoms with Crippen LogP contribution >= 0.6 is 0 Å². The molecule has 1 unspecified atom stereocenters. The molecule has 2 amide bonds. The predicted molar refractivity (Wildman–Crippen MR) is 83.8 cm³/mol. The normalized spacial score (nSPS) is 13.1. The van der Waals surface area contributed by atoms with Gasteiger partial charge in [-0.05, 0) is 18.4 Å². The first kappa shape index (κ1) is 18.4. The topological polar surface area (TPSA) is 111 Å². The van der Waals surface area contributed by atoms with Crippen molar-refractivity contribution in [1.82, 2.24) is 10.6 Å². The standard InChI is InChI=1S/C15H21N3O5/c1-9(2)13(17-15(20)23-4)14(19)16-10(3)11-6-5-7-12(8-11)18(21)22/h5-10,13H,1-4H3,(H,16,19)(H,17,20)/t10?,13-/m0/s1. The van der Waals surface area contributed by atoms with E-state index in [9.17, 15) is 19.7 Å². The summed E-state index contributed by atoms with van der Waals surface area (Å²) in [6, 6.07) is 4.84. The molecular formula is C15H21N3O5. The van der Waals surface area contributed by atoms with Crippen molar-refractivity contribution in [3.63, 3.8) is 0 Å². The fourth-order valence-corrected chi connectivity index (χ4v) is 2.02. The molecule has 1 aromatic rings. The first-order valence-electron chi connectivity index (χ1n) is 7.15. The van der Waals surface area contributed by atoms with Gasteiger partial charge in [0.1, 0.15) is 6.04 Å². The predicted octanol–water partition coefficient (Wildman–Crippen LogP) is 2.15. The number of alkyl carbamates (subject to hydrolysis) is 1. The van der Waals surface area contributed by atoms with Crippen LogP contribution in [0.15, 0.2) is 24.3 Å². The van der Waals surface area contributed by atoms with E-state index >= 15 is 0 Å². The summed E-state index contributed by atoms with van der Waals surface area (Å²) in [5, 5.41) is 16.0. The number of hydrogen-bond donors (Lipinski definition) is 2. The molecule has 0 fully saturated rings. The SMILES string of the molecule is COC(=O)N[C@H](C(=O)NC(C)c1cccc([N+](=O)[O-])c1)C(C)C. The molecule has 0 saturated carbocycles. The molecule has 0 aliphatic rings. The second kappa shape index (κ2) is 8.11. The van der Waals surface area contributed by atoms with Gasteiger partial charge in [0.25, 0.3) is 5.69 Å². The van der Waals surface area contributed by atoms with Gasteiger partial charge in [-0.2, -0.15) is 0 Å². The Bertz CT molecular complexity index is 588. The van der Waals surface area contributed by atoms with Gasteiger partial charge in [-0.1, -0.05) is 26.0 Å². The van der Waals surface area contributed by atoms with Gasteiger partial charge in [0.05, 0.1) is 18.1 Å². The van der Waals surface area contributed by atoms with Crippen LogP contribution in [0.3, 0.4) is 0 Å². The van der Waals surface area contributed by atoms with Crippen molar-refractivity contribution >= 4 is 17.7 Å². The third-order valence-corrected chi connectivity index (χ3v) is 3.35. The number of carbonyl (C=O) groups excluding carboxylic acids is 2. The molecule has 1 aromatic carbocycles. The molecule has 23 heavy (non-hydrogen) atoms. The zero-order valence-corrected chi connectivity index (χ0v) is 13.5. The number of carbonyl (C=O) groups is 2. The van der Waals surface area contributed by atoms with Gasteiger partial charge in [-0.15, -0.1) is 0 Å². The van der Waals surface area contributed by atoms with Crippen molar-refractivity contribution in [3.8, 4) is 0 Å². The number of nitro groups is 1. The fraction of sp³-hybridized carbons (Fsp3) is 0.467. The van der Waals surface area contributed by atoms with E-state index in [2.05, 4.69) is 15.4 Å². The van der Waals surface area contributed by atoms with Crippen molar-refractivity contribution < 1.29 is 19.2 Å². The summed E-state index contributed by atoms with van der Waals surface area (Å²) in [6.07, 6.45) is -0.693. The van der Waals surface area contributed by atoms with Crippen LogP contribution in [-0.2, 0) is 9.53 Å². The van der Waals surface area contributed by atoms with Crippen molar-refractivity contribution in [2.24, 2.45) is 5.92 Å². The first-order chi connectivity index (χ1) is 10.8. The Morgan fingerprint density at radius 3 is 2.39 bits per heavy atom. The summed E-state index contributed by atoms with van der Waals surface area (Å²) in [7, 11) is 1.22. The Kier molecular flexibility index (Phi) is 6.49. The minimum absolute atomic E-state index is 0.0447. The van der Waals surface area contributed by atoms with Crippen molar-refractivity contribution in [2.75, 3.05) is 7.11 Å². The van der Waals surface area contributed by atoms with Gasteiger partial charge in [-0.25, -0.2) is 4.79 Å². The highest BCUT2D eigenvalue weighted by Gasteiger charge is 2.26. The molecule has 0 aromatic heterocycles. The first-order valence-corrected chi connectivity index (χ1v) is 7.15. The number of benzene rings is 1. The van der Waals surface area contributed by atoms with E-state index in [1.54, 1.807) is 32.9 Å². The number of ether oxygens (including phenoxy) is 1. The fourth-order valence-electron chi connectivity index (χ4n) is 2.02. The van der Waals surface area contributed by atoms with Crippen LogP contribution in [0, 0.1) is 16.0 Å². The molecule has 0 saturated heterocycles. The van der Waals surface area contributed by atoms with Gasteiger partial charge in [-0.3, -0.25) is 14.9 Å². The quantitative estimate of drug-likeness (QED) is 0.615. The highest BCUT2D eigenvalue weighted by molar-refractivity contribution is 5.86. The lowest BCUT2D eigenvalue weighted by molar-refractivity contribution is -0.384. The summed E-state index contributed by atoms with van der Waals surface area (Å²) in [4.78, 5) is 34.0. The van der Waals surface area contributed by atoms with E-state index < -0.39 is 23.1 Å². The van der Waals surface area contributed by atoms with Crippen molar-refractivity contribution in [3.05, 3.63) is 39.9 Å². The third kappa shape index (κ3) is 5.24. The molecule has 0 aliphatic carbocycles. The van der Waals surface area contributed by atoms with Gasteiger partial charge in [0, 0.05) is 12.1 Å². The summed E-state index contributed by atoms with van der Waals surface area (Å²) in [5.41, 5.74) is 0.560. The molecule has 8 nitrogen and oxygen atoms in total. The third-order valence-electron chi connectivity index (χ3n) is 3.35. The molecule has 8 heteroatoms. The molecule has 0 radical (unpaired) electrons. The second-order valence-electron chi connectivity index (χ2n) is 5.44. The highest BCUT2D eigenvalue weighted by Crippen LogP contribution is 2.19. The number of nitrogens with zero attached hydrogens (tertiary/aromatic N) is 1. The molecule has 2 N–H and O–H groups in total. The smallest absolute Gasteiger partial charge is 0.407 e. The number of hydrogen-bond acceptors (Lipinski definition) is 5. The van der Waals surface area contributed by atoms with E-state index in [0.717, 1.165) is 0 Å². The minimum atomic E-state index is -0.761. The highest BCUT2D eigenvalue weighted by atomic mass is 16.6. The maximum Gasteiger partial charge on any atom is 0.407 e. The lowest BCUT2D eigenvalue weighted by Gasteiger charge is -2.23. The maximum absolute atomic E-state index is 12.3. The molecule has 0 heterocycles. The van der Waals surface area contributed by atoms with E-state index in [1.807, 2.05) is 0 Å². The second-order valence-corrected chi connectivity index (χ2v) is 5.44. The Morgan fingerprint density at radius 1 is 1.22 bits per heavy atom. The van der Waals surface area contributed by atoms with E-state index in [0.29, 0.717) is 5.56 Å². The molecule has 126 valence electrons. The van der Waals surface area contributed by atoms with Gasteiger partial charge >= 0.3 is 6.09 Å². The van der Waals surface area contributed by atoms with Crippen LogP contribution in [0.4, 0.5) is 10.5 Å². The Hall–Kier alpha value is -2.64. The zero-order chi connectivity index (χ0) is 17.6. The molecule has 0 bridgehead atoms. The van der Waals surface area contributed by atoms with E-state index in [-0.39, 0.29) is 17.5 Å². The van der Waals surface area contributed by atoms with Gasteiger partial charge in [0.2, 0.25) is 5.91 Å². The largest absolute Gasteiger partial charge is 0.453 e. The number of rotatable bonds is 6. The molecule has 0 aliphatic heterocycles. The lowest BCUT2D eigenvalue weighted by Crippen LogP contribution is -2.50. The number of methoxy groups -OCH3 is 1. The maximum atomic E-state index is 12.3. The van der Waals surface area contributed by atoms with Crippen molar-refractivity contribution in [2.45, 2.75) is 32.9 Å². The number of amides is 2. The summed E-state index contributed by atoms with van der Waals surface area (Å²) >= 11 is 0. The minimum Gasteiger partial charge on any atom is -0.453 e. The van der Waals surface area contributed by atoms with Gasteiger partial charge < -0.3 is 15.4 Å². The van der Waals surface area contributed by atoms with E-state index in [4.69, 9.17) is 0 Å². The number of nitro benzene ring substituents is 1. The Morgan fingerprint density at radius 2 is 1.87 bits per heavy atom. The number of nitrogens with one attached hydrogen (secondary N) is 2. The van der Waals surface area contributed by atoms with E-state index in [1.165, 1.54) is 19.2 Å². The van der Waals surface area contributed by atoms with Crippen LogP contribution in [0.2, 0.25) is 0 Å². The summed E-state index contributed by atoms with van der Waals surface area (Å²) in [6.45, 7) is 5.29. The molecule has 0 spiro atoms. The summed E-state index contributed by atoms with van der Waals surface area (Å²) < 4.78 is 4.51. The van der Waals surface area contributed by atoms with Crippen LogP contribution in [-0.4, -0.2) is 30.1 Å². The van der Waals surface area contributed by atoms with Crippen LogP contribution in [0.5, 0.6) is 0 Å². The average Bonchev–Trinajstić information content (AvgIpc) is 2.51. The summed E-state index contributed by atoms with van der Waals surface area (Å²) in [5.74, 6) is -0.532. The zero-order valence-electron chi connectivity index (χ0n) is 13.5. The van der Waals surface area contributed by atoms with Crippen LogP contribution in [0.25, 0.3) is 0 Å². The Balaban J connectivity index is 2.83. The van der Waals surface area contributed by atoms with Crippen molar-refractivity contribution in [1.29, 1.82) is 0 Å². The Labute approximate surface area is 134 Å². The van der Waals surface area contributed by atoms with Gasteiger partial charge in [0.15, 0.2) is 0 Å². The molecular weight excluding hydrogens is 302 g/mol. The average molecular weight is 323 g/mol. The monoisotopic (exact) mass is 323 g/mol. The van der Waals surface area contributed by atoms with Crippen LogP contribution < -0.4 is 10.6 Å². The number of non-ortho nitro benzene ring substituents is 1. The molecule has 1 rings (SSSR count). The van der Waals surface area contributed by atoms with Crippen LogP contribution in [0.1, 0.15) is 32.4 Å². The molecule has 2 atom stereocenters. The lowest BCUT2D eigenvalue weighted by atomic mass is 10.0.